The van der Waals surface area contributed by atoms with E-state index in [9.17, 15) is 13.0 Å². The molecule has 2 aromatic carbocycles. The molecule has 0 bridgehead atoms. The molecule has 2 rings (SSSR count). The van der Waals surface area contributed by atoms with Gasteiger partial charge < -0.3 is 4.55 Å². The predicted octanol–water partition coefficient (Wildman–Crippen LogP) is -0.647. The topological polar surface area (TPSA) is 57.2 Å². The Labute approximate surface area is 129 Å². The van der Waals surface area contributed by atoms with E-state index in [4.69, 9.17) is 0 Å². The minimum atomic E-state index is -4.41. The van der Waals surface area contributed by atoms with Crippen molar-refractivity contribution in [3.8, 4) is 0 Å². The van der Waals surface area contributed by atoms with Gasteiger partial charge in [-0.2, -0.15) is 0 Å². The summed E-state index contributed by atoms with van der Waals surface area (Å²) in [4.78, 5) is -0.148. The zero-order valence-electron chi connectivity index (χ0n) is 8.48. The van der Waals surface area contributed by atoms with Crippen molar-refractivity contribution in [3.63, 3.8) is 0 Å². The fraction of sp³-hybridized carbons (Fsp3) is 0. The normalized spacial score (nSPS) is 11.1. The second-order valence-electron chi connectivity index (χ2n) is 3.05. The minimum absolute atomic E-state index is 0. The van der Waals surface area contributed by atoms with Gasteiger partial charge in [0.05, 0.1) is 4.90 Å². The van der Waals surface area contributed by atoms with Gasteiger partial charge >= 0.3 is 29.6 Å². The first kappa shape index (κ1) is 14.4. The number of benzene rings is 2. The largest absolute Gasteiger partial charge is 1.00 e. The van der Waals surface area contributed by atoms with Crippen LogP contribution < -0.4 is 29.6 Å². The zero-order chi connectivity index (χ0) is 11.1. The summed E-state index contributed by atoms with van der Waals surface area (Å²) in [5.41, 5.74) is 0. The number of rotatable bonds is 1. The quantitative estimate of drug-likeness (QED) is 0.388. The van der Waals surface area contributed by atoms with Gasteiger partial charge in [-0.15, -0.1) is 0 Å². The van der Waals surface area contributed by atoms with Gasteiger partial charge in [-0.25, -0.2) is 8.42 Å². The van der Waals surface area contributed by atoms with E-state index in [1.807, 2.05) is 28.7 Å². The molecule has 0 aliphatic rings. The van der Waals surface area contributed by atoms with Crippen molar-refractivity contribution < 1.29 is 42.5 Å². The van der Waals surface area contributed by atoms with Crippen LogP contribution in [0, 0.1) is 3.57 Å². The van der Waals surface area contributed by atoms with Crippen molar-refractivity contribution in [2.24, 2.45) is 0 Å². The van der Waals surface area contributed by atoms with Crippen LogP contribution >= 0.6 is 22.6 Å². The third kappa shape index (κ3) is 2.77. The maximum absolute atomic E-state index is 11.0. The molecular formula is C10H6INaO3S. The number of halogens is 1. The van der Waals surface area contributed by atoms with Crippen LogP contribution in [-0.2, 0) is 10.1 Å². The predicted molar refractivity (Wildman–Crippen MR) is 64.6 cm³/mol. The fourth-order valence-corrected chi connectivity index (χ4v) is 3.19. The van der Waals surface area contributed by atoms with Gasteiger partial charge in [-0.3, -0.25) is 0 Å². The second-order valence-corrected chi connectivity index (χ2v) is 5.56. The number of hydrogen-bond acceptors (Lipinski definition) is 3. The van der Waals surface area contributed by atoms with E-state index in [0.717, 1.165) is 8.96 Å². The molecule has 16 heavy (non-hydrogen) atoms. The van der Waals surface area contributed by atoms with E-state index in [1.54, 1.807) is 24.3 Å². The van der Waals surface area contributed by atoms with Crippen LogP contribution in [0.1, 0.15) is 0 Å². The number of hydrogen-bond donors (Lipinski definition) is 0. The molecule has 0 radical (unpaired) electrons. The Bertz CT molecular complexity index is 620. The summed E-state index contributed by atoms with van der Waals surface area (Å²) in [6, 6.07) is 10.1. The minimum Gasteiger partial charge on any atom is -0.744 e. The molecule has 0 heterocycles. The Hall–Kier alpha value is 0.340. The Balaban J connectivity index is 0.00000128. The SMILES string of the molecule is O=S(=O)([O-])c1cccc2cccc(I)c12.[Na+]. The van der Waals surface area contributed by atoms with E-state index in [0.29, 0.717) is 5.39 Å². The Morgan fingerprint density at radius 3 is 2.19 bits per heavy atom. The summed E-state index contributed by atoms with van der Waals surface area (Å²) in [5.74, 6) is 0. The smallest absolute Gasteiger partial charge is 0.744 e. The molecule has 0 fully saturated rings. The van der Waals surface area contributed by atoms with E-state index in [1.165, 1.54) is 6.07 Å². The van der Waals surface area contributed by atoms with Crippen molar-refractivity contribution in [2.45, 2.75) is 4.90 Å². The first-order chi connectivity index (χ1) is 7.00. The van der Waals surface area contributed by atoms with E-state index >= 15 is 0 Å². The Morgan fingerprint density at radius 2 is 1.62 bits per heavy atom. The summed E-state index contributed by atoms with van der Waals surface area (Å²) >= 11 is 2.02. The molecule has 0 saturated heterocycles. The van der Waals surface area contributed by atoms with Gasteiger partial charge in [0.25, 0.3) is 0 Å². The van der Waals surface area contributed by atoms with E-state index < -0.39 is 10.1 Å². The zero-order valence-corrected chi connectivity index (χ0v) is 13.4. The van der Waals surface area contributed by atoms with Crippen LogP contribution in [0.2, 0.25) is 0 Å². The Morgan fingerprint density at radius 1 is 1.06 bits per heavy atom. The molecule has 0 spiro atoms. The van der Waals surface area contributed by atoms with Crippen molar-refractivity contribution >= 4 is 43.5 Å². The number of fused-ring (bicyclic) bond motifs is 1. The van der Waals surface area contributed by atoms with Crippen LogP contribution in [0.5, 0.6) is 0 Å². The summed E-state index contributed by atoms with van der Waals surface area (Å²) in [5, 5.41) is 1.27. The summed E-state index contributed by atoms with van der Waals surface area (Å²) in [6.07, 6.45) is 0. The second kappa shape index (κ2) is 5.32. The average Bonchev–Trinajstić information content (AvgIpc) is 2.16. The summed E-state index contributed by atoms with van der Waals surface area (Å²) < 4.78 is 33.9. The molecule has 6 heteroatoms. The molecular weight excluding hydrogens is 350 g/mol. The molecule has 0 aliphatic carbocycles. The third-order valence-corrected chi connectivity index (χ3v) is 3.86. The third-order valence-electron chi connectivity index (χ3n) is 2.08. The molecule has 0 atom stereocenters. The van der Waals surface area contributed by atoms with Gasteiger partial charge in [-0.05, 0) is 40.1 Å². The molecule has 0 aliphatic heterocycles. The molecule has 0 amide bonds. The first-order valence-electron chi connectivity index (χ1n) is 4.13. The molecule has 2 aromatic rings. The van der Waals surface area contributed by atoms with Gasteiger partial charge in [0.2, 0.25) is 0 Å². The van der Waals surface area contributed by atoms with Crippen molar-refractivity contribution in [1.29, 1.82) is 0 Å². The molecule has 3 nitrogen and oxygen atoms in total. The van der Waals surface area contributed by atoms with Crippen LogP contribution in [0.15, 0.2) is 41.3 Å². The molecule has 0 unspecified atom stereocenters. The van der Waals surface area contributed by atoms with Crippen LogP contribution in [0.3, 0.4) is 0 Å². The van der Waals surface area contributed by atoms with Crippen LogP contribution in [0.4, 0.5) is 0 Å². The monoisotopic (exact) mass is 356 g/mol. The van der Waals surface area contributed by atoms with Crippen molar-refractivity contribution in [3.05, 3.63) is 40.0 Å². The fourth-order valence-electron chi connectivity index (χ4n) is 1.47. The first-order valence-corrected chi connectivity index (χ1v) is 6.62. The van der Waals surface area contributed by atoms with Gasteiger partial charge in [0, 0.05) is 8.96 Å². The van der Waals surface area contributed by atoms with Crippen LogP contribution in [0.25, 0.3) is 10.8 Å². The van der Waals surface area contributed by atoms with Crippen molar-refractivity contribution in [2.75, 3.05) is 0 Å². The van der Waals surface area contributed by atoms with Gasteiger partial charge in [0.1, 0.15) is 10.1 Å². The summed E-state index contributed by atoms with van der Waals surface area (Å²) in [7, 11) is -4.41. The molecule has 78 valence electrons. The molecule has 0 aromatic heterocycles. The van der Waals surface area contributed by atoms with Crippen LogP contribution in [-0.4, -0.2) is 13.0 Å². The standard InChI is InChI=1S/C10H7IO3S.Na/c11-8-5-1-3-7-4-2-6-9(10(7)8)15(12,13)14;/h1-6H,(H,12,13,14);/q;+1/p-1. The molecule has 0 N–H and O–H groups in total. The average molecular weight is 356 g/mol. The van der Waals surface area contributed by atoms with E-state index in [2.05, 4.69) is 0 Å². The van der Waals surface area contributed by atoms with Gasteiger partial charge in [-0.1, -0.05) is 24.3 Å². The Kier molecular flexibility index (Phi) is 4.79. The van der Waals surface area contributed by atoms with Gasteiger partial charge in [0.15, 0.2) is 0 Å². The summed E-state index contributed by atoms with van der Waals surface area (Å²) in [6.45, 7) is 0. The maximum Gasteiger partial charge on any atom is 1.00 e. The molecule has 0 saturated carbocycles. The van der Waals surface area contributed by atoms with Crippen molar-refractivity contribution in [1.82, 2.24) is 0 Å². The maximum atomic E-state index is 11.0. The van der Waals surface area contributed by atoms with E-state index in [-0.39, 0.29) is 34.5 Å².